The van der Waals surface area contributed by atoms with Crippen molar-refractivity contribution < 1.29 is 14.4 Å². The molecular weight excluding hydrogens is 344 g/mol. The first-order valence-corrected chi connectivity index (χ1v) is 8.47. The van der Waals surface area contributed by atoms with Gasteiger partial charge >= 0.3 is 11.8 Å². The van der Waals surface area contributed by atoms with Crippen LogP contribution in [0.4, 0.5) is 11.4 Å². The smallest absolute Gasteiger partial charge is 0.326 e. The van der Waals surface area contributed by atoms with Crippen LogP contribution in [-0.2, 0) is 14.4 Å². The molecule has 0 heterocycles. The molecule has 2 aromatic carbocycles. The molecule has 3 amide bonds. The molecule has 0 fully saturated rings. The zero-order valence-electron chi connectivity index (χ0n) is 15.4. The molecule has 2 aromatic rings. The molecule has 7 nitrogen and oxygen atoms in total. The summed E-state index contributed by atoms with van der Waals surface area (Å²) in [5.74, 6) is -1.47. The molecular formula is C20H22N4O3. The quantitative estimate of drug-likeness (QED) is 0.431. The van der Waals surface area contributed by atoms with E-state index in [2.05, 4.69) is 35.0 Å². The van der Waals surface area contributed by atoms with E-state index in [1.54, 1.807) is 24.3 Å². The van der Waals surface area contributed by atoms with Crippen LogP contribution in [-0.4, -0.2) is 23.9 Å². The second-order valence-corrected chi connectivity index (χ2v) is 6.23. The Kier molecular flexibility index (Phi) is 6.82. The SMILES string of the molecule is CC(=O)Nc1ccc(NC(=O)C(=O)N/N=C/c2ccc(C(C)C)cc2)cc1. The molecule has 27 heavy (non-hydrogen) atoms. The minimum atomic E-state index is -0.879. The summed E-state index contributed by atoms with van der Waals surface area (Å²) in [6, 6.07) is 14.2. The topological polar surface area (TPSA) is 99.7 Å². The highest BCUT2D eigenvalue weighted by atomic mass is 16.2. The second-order valence-electron chi connectivity index (χ2n) is 6.23. The molecule has 0 aliphatic rings. The first kappa shape index (κ1) is 19.8. The number of benzene rings is 2. The van der Waals surface area contributed by atoms with Gasteiger partial charge in [-0.2, -0.15) is 5.10 Å². The van der Waals surface area contributed by atoms with Gasteiger partial charge in [-0.3, -0.25) is 14.4 Å². The van der Waals surface area contributed by atoms with E-state index < -0.39 is 11.8 Å². The standard InChI is InChI=1S/C20H22N4O3/c1-13(2)16-6-4-15(5-7-16)12-21-24-20(27)19(26)23-18-10-8-17(9-11-18)22-14(3)25/h4-13H,1-3H3,(H,22,25)(H,23,26)(H,24,27)/b21-12+. The van der Waals surface area contributed by atoms with Crippen LogP contribution in [0.2, 0.25) is 0 Å². The van der Waals surface area contributed by atoms with Crippen molar-refractivity contribution in [1.82, 2.24) is 5.43 Å². The number of nitrogens with one attached hydrogen (secondary N) is 3. The highest BCUT2D eigenvalue weighted by Gasteiger charge is 2.12. The Balaban J connectivity index is 1.86. The maximum atomic E-state index is 11.9. The minimum Gasteiger partial charge on any atom is -0.326 e. The fourth-order valence-corrected chi connectivity index (χ4v) is 2.21. The fourth-order valence-electron chi connectivity index (χ4n) is 2.21. The van der Waals surface area contributed by atoms with Crippen LogP contribution >= 0.6 is 0 Å². The Morgan fingerprint density at radius 3 is 1.93 bits per heavy atom. The summed E-state index contributed by atoms with van der Waals surface area (Å²) in [5.41, 5.74) is 5.23. The van der Waals surface area contributed by atoms with Crippen molar-refractivity contribution in [1.29, 1.82) is 0 Å². The summed E-state index contributed by atoms with van der Waals surface area (Å²) in [7, 11) is 0. The number of rotatable bonds is 5. The Morgan fingerprint density at radius 1 is 0.852 bits per heavy atom. The normalized spacial score (nSPS) is 10.7. The first-order chi connectivity index (χ1) is 12.8. The predicted molar refractivity (Wildman–Crippen MR) is 106 cm³/mol. The van der Waals surface area contributed by atoms with Crippen molar-refractivity contribution in [3.63, 3.8) is 0 Å². The van der Waals surface area contributed by atoms with Gasteiger partial charge < -0.3 is 10.6 Å². The van der Waals surface area contributed by atoms with Crippen LogP contribution in [0.15, 0.2) is 53.6 Å². The molecule has 140 valence electrons. The third-order valence-corrected chi connectivity index (χ3v) is 3.65. The third kappa shape index (κ3) is 6.39. The van der Waals surface area contributed by atoms with E-state index in [9.17, 15) is 14.4 Å². The van der Waals surface area contributed by atoms with Gasteiger partial charge in [-0.25, -0.2) is 5.43 Å². The van der Waals surface area contributed by atoms with Crippen LogP contribution in [0.5, 0.6) is 0 Å². The molecule has 0 aromatic heterocycles. The highest BCUT2D eigenvalue weighted by Crippen LogP contribution is 2.14. The predicted octanol–water partition coefficient (Wildman–Crippen LogP) is 2.86. The molecule has 0 spiro atoms. The zero-order valence-corrected chi connectivity index (χ0v) is 15.4. The van der Waals surface area contributed by atoms with Crippen molar-refractivity contribution in [3.05, 3.63) is 59.7 Å². The van der Waals surface area contributed by atoms with Gasteiger partial charge in [0.15, 0.2) is 0 Å². The van der Waals surface area contributed by atoms with E-state index in [1.165, 1.54) is 18.7 Å². The van der Waals surface area contributed by atoms with E-state index in [-0.39, 0.29) is 5.91 Å². The maximum Gasteiger partial charge on any atom is 0.329 e. The van der Waals surface area contributed by atoms with Gasteiger partial charge in [-0.1, -0.05) is 38.1 Å². The summed E-state index contributed by atoms with van der Waals surface area (Å²) in [6.07, 6.45) is 1.47. The van der Waals surface area contributed by atoms with Crippen molar-refractivity contribution in [2.24, 2.45) is 5.10 Å². The fraction of sp³-hybridized carbons (Fsp3) is 0.200. The van der Waals surface area contributed by atoms with Crippen LogP contribution in [0.1, 0.15) is 37.8 Å². The molecule has 0 saturated carbocycles. The summed E-state index contributed by atoms with van der Waals surface area (Å²) in [4.78, 5) is 34.6. The van der Waals surface area contributed by atoms with Crippen LogP contribution < -0.4 is 16.1 Å². The largest absolute Gasteiger partial charge is 0.329 e. The number of nitrogens with zero attached hydrogens (tertiary/aromatic N) is 1. The van der Waals surface area contributed by atoms with Crippen molar-refractivity contribution in [2.45, 2.75) is 26.7 Å². The molecule has 0 aliphatic carbocycles. The number of hydrogen-bond donors (Lipinski definition) is 3. The molecule has 0 radical (unpaired) electrons. The Morgan fingerprint density at radius 2 is 1.41 bits per heavy atom. The van der Waals surface area contributed by atoms with E-state index in [0.29, 0.717) is 17.3 Å². The van der Waals surface area contributed by atoms with Gasteiger partial charge in [0.25, 0.3) is 0 Å². The first-order valence-electron chi connectivity index (χ1n) is 8.47. The van der Waals surface area contributed by atoms with Crippen molar-refractivity contribution in [2.75, 3.05) is 10.6 Å². The van der Waals surface area contributed by atoms with Crippen molar-refractivity contribution >= 4 is 35.3 Å². The van der Waals surface area contributed by atoms with E-state index in [0.717, 1.165) is 5.56 Å². The number of carbonyl (C=O) groups is 3. The summed E-state index contributed by atoms with van der Waals surface area (Å²) in [6.45, 7) is 5.61. The van der Waals surface area contributed by atoms with Gasteiger partial charge in [-0.15, -0.1) is 0 Å². The summed E-state index contributed by atoms with van der Waals surface area (Å²) in [5, 5.41) is 8.86. The Hall–Kier alpha value is -3.48. The number of hydrazone groups is 1. The van der Waals surface area contributed by atoms with E-state index in [1.807, 2.05) is 24.3 Å². The number of hydrogen-bond acceptors (Lipinski definition) is 4. The number of anilines is 2. The number of amides is 3. The Bertz CT molecular complexity index is 841. The van der Waals surface area contributed by atoms with E-state index in [4.69, 9.17) is 0 Å². The molecule has 0 saturated heterocycles. The molecule has 7 heteroatoms. The van der Waals surface area contributed by atoms with Gasteiger partial charge in [-0.05, 0) is 41.3 Å². The molecule has 0 aliphatic heterocycles. The molecule has 2 rings (SSSR count). The molecule has 3 N–H and O–H groups in total. The lowest BCUT2D eigenvalue weighted by molar-refractivity contribution is -0.136. The summed E-state index contributed by atoms with van der Waals surface area (Å²) < 4.78 is 0. The van der Waals surface area contributed by atoms with E-state index >= 15 is 0 Å². The lowest BCUT2D eigenvalue weighted by atomic mass is 10.0. The maximum absolute atomic E-state index is 11.9. The molecule has 0 atom stereocenters. The average molecular weight is 366 g/mol. The van der Waals surface area contributed by atoms with Gasteiger partial charge in [0.2, 0.25) is 5.91 Å². The second kappa shape index (κ2) is 9.28. The van der Waals surface area contributed by atoms with Crippen LogP contribution in [0, 0.1) is 0 Å². The van der Waals surface area contributed by atoms with Gasteiger partial charge in [0.1, 0.15) is 0 Å². The van der Waals surface area contributed by atoms with Crippen LogP contribution in [0.25, 0.3) is 0 Å². The molecule has 0 bridgehead atoms. The third-order valence-electron chi connectivity index (χ3n) is 3.65. The zero-order chi connectivity index (χ0) is 19.8. The Labute approximate surface area is 157 Å². The van der Waals surface area contributed by atoms with Crippen molar-refractivity contribution in [3.8, 4) is 0 Å². The lowest BCUT2D eigenvalue weighted by Gasteiger charge is -2.06. The molecule has 0 unspecified atom stereocenters. The van der Waals surface area contributed by atoms with Crippen LogP contribution in [0.3, 0.4) is 0 Å². The minimum absolute atomic E-state index is 0.192. The number of carbonyl (C=O) groups excluding carboxylic acids is 3. The lowest BCUT2D eigenvalue weighted by Crippen LogP contribution is -2.32. The average Bonchev–Trinajstić information content (AvgIpc) is 2.63. The highest BCUT2D eigenvalue weighted by molar-refractivity contribution is 6.39. The monoisotopic (exact) mass is 366 g/mol. The van der Waals surface area contributed by atoms with Gasteiger partial charge in [0.05, 0.1) is 6.21 Å². The van der Waals surface area contributed by atoms with Gasteiger partial charge in [0, 0.05) is 18.3 Å². The summed E-state index contributed by atoms with van der Waals surface area (Å²) >= 11 is 0.